The summed E-state index contributed by atoms with van der Waals surface area (Å²) in [6, 6.07) is 16.4. The molecule has 0 amide bonds. The monoisotopic (exact) mass is 834 g/mol. The molecule has 0 saturated heterocycles. The number of ether oxygens (including phenoxy) is 2. The van der Waals surface area contributed by atoms with E-state index in [9.17, 15) is 39.5 Å². The number of fused-ring (bicyclic) bond motifs is 2. The van der Waals surface area contributed by atoms with E-state index in [1.54, 1.807) is 7.11 Å². The van der Waals surface area contributed by atoms with E-state index in [1.165, 1.54) is 5.56 Å². The van der Waals surface area contributed by atoms with Crippen molar-refractivity contribution in [2.24, 2.45) is 0 Å². The average molecular weight is 835 g/mol. The van der Waals surface area contributed by atoms with E-state index in [0.717, 1.165) is 70.1 Å². The van der Waals surface area contributed by atoms with Gasteiger partial charge in [-0.3, -0.25) is 10.1 Å². The van der Waals surface area contributed by atoms with Gasteiger partial charge in [0.2, 0.25) is 0 Å². The molecule has 0 aliphatic carbocycles. The fourth-order valence-corrected chi connectivity index (χ4v) is 4.81. The molecule has 1 aliphatic heterocycles. The van der Waals surface area contributed by atoms with E-state index in [2.05, 4.69) is 57.5 Å². The van der Waals surface area contributed by atoms with Crippen LogP contribution in [0.2, 0.25) is 0 Å². The number of anilines is 1. The zero-order chi connectivity index (χ0) is 43.4. The van der Waals surface area contributed by atoms with Crippen molar-refractivity contribution in [3.05, 3.63) is 90.3 Å². The Morgan fingerprint density at radius 1 is 0.845 bits per heavy atom. The molecule has 1 unspecified atom stereocenters. The molecule has 1 aliphatic rings. The highest BCUT2D eigenvalue weighted by atomic mass is 19.4. The molecule has 0 radical (unpaired) electrons. The van der Waals surface area contributed by atoms with Gasteiger partial charge in [-0.2, -0.15) is 44.6 Å². The van der Waals surface area contributed by atoms with Crippen LogP contribution in [0.15, 0.2) is 73.3 Å². The summed E-state index contributed by atoms with van der Waals surface area (Å²) in [5, 5.41) is 29.4. The second-order valence-corrected chi connectivity index (χ2v) is 11.7. The number of carbonyl (C=O) groups is 3. The topological polar surface area (TPSA) is 201 Å². The van der Waals surface area contributed by atoms with Crippen LogP contribution in [0.25, 0.3) is 22.0 Å². The summed E-state index contributed by atoms with van der Waals surface area (Å²) in [6.45, 7) is 1.35. The standard InChI is InChI=1S/C29H28N6O2.3C2HF3O2/c1-35(12-9-19-7-10-30-11-8-19)29-25-5-3-20(23-16-31-32-17-23)15-26(25)33-28(34-29)22-13-21-14-24(36-2)4-6-27(21)37-18-22;3*3-2(4,5)1(6)7/h3-8,10-11,14-17,22H,9,12-13,18H2,1-2H3,(H,31,32);3*(H,6,7). The van der Waals surface area contributed by atoms with E-state index in [4.69, 9.17) is 49.1 Å². The number of halogens is 9. The number of nitrogens with zero attached hydrogens (tertiary/aromatic N) is 5. The average Bonchev–Trinajstić information content (AvgIpc) is 3.71. The molecule has 2 aromatic carbocycles. The molecule has 0 saturated carbocycles. The SMILES string of the molecule is COc1ccc2c(c1)CC(c1nc(N(C)CCc3ccncc3)c3ccc(-c4cn[nH]c4)cc3n1)CO2.O=C(O)C(F)(F)F.O=C(O)C(F)(F)F.O=C(O)C(F)(F)F. The number of alkyl halides is 9. The maximum absolute atomic E-state index is 10.6. The fourth-order valence-electron chi connectivity index (χ4n) is 4.81. The van der Waals surface area contributed by atoms with E-state index >= 15 is 0 Å². The maximum atomic E-state index is 10.6. The third kappa shape index (κ3) is 13.5. The number of hydrogen-bond acceptors (Lipinski definition) is 10. The van der Waals surface area contributed by atoms with E-state index < -0.39 is 36.4 Å². The first-order chi connectivity index (χ1) is 27.0. The Bertz CT molecular complexity index is 2090. The van der Waals surface area contributed by atoms with Gasteiger partial charge in [0.25, 0.3) is 0 Å². The van der Waals surface area contributed by atoms with Crippen LogP contribution in [0, 0.1) is 0 Å². The normalized spacial score (nSPS) is 13.5. The third-order valence-electron chi connectivity index (χ3n) is 7.64. The first kappa shape index (κ1) is 45.7. The molecule has 4 N–H and O–H groups in total. The molecular weight excluding hydrogens is 803 g/mol. The lowest BCUT2D eigenvalue weighted by Gasteiger charge is -2.27. The zero-order valence-electron chi connectivity index (χ0n) is 29.9. The minimum absolute atomic E-state index is 0.0361. The molecule has 58 heavy (non-hydrogen) atoms. The molecule has 23 heteroatoms. The van der Waals surface area contributed by atoms with Gasteiger partial charge in [0.05, 0.1) is 31.3 Å². The van der Waals surface area contributed by atoms with Gasteiger partial charge in [-0.1, -0.05) is 6.07 Å². The summed E-state index contributed by atoms with van der Waals surface area (Å²) in [4.78, 5) is 43.2. The van der Waals surface area contributed by atoms with Crippen LogP contribution in [0.4, 0.5) is 45.3 Å². The number of methoxy groups -OCH3 is 1. The van der Waals surface area contributed by atoms with Crippen LogP contribution < -0.4 is 14.4 Å². The van der Waals surface area contributed by atoms with Crippen LogP contribution in [0.3, 0.4) is 0 Å². The van der Waals surface area contributed by atoms with Crippen LogP contribution in [0.1, 0.15) is 22.9 Å². The Kier molecular flexibility index (Phi) is 15.3. The van der Waals surface area contributed by atoms with Crippen LogP contribution in [-0.2, 0) is 27.2 Å². The van der Waals surface area contributed by atoms with Gasteiger partial charge in [-0.25, -0.2) is 24.4 Å². The summed E-state index contributed by atoms with van der Waals surface area (Å²) >= 11 is 0. The smallest absolute Gasteiger partial charge is 0.490 e. The highest BCUT2D eigenvalue weighted by Crippen LogP contribution is 2.36. The van der Waals surface area contributed by atoms with Crippen LogP contribution >= 0.6 is 0 Å². The molecule has 0 fully saturated rings. The number of rotatable bonds is 7. The number of carboxylic acids is 3. The van der Waals surface area contributed by atoms with Crippen molar-refractivity contribution in [3.8, 4) is 22.6 Å². The van der Waals surface area contributed by atoms with Gasteiger partial charge < -0.3 is 29.7 Å². The molecule has 5 aromatic rings. The number of hydrogen-bond donors (Lipinski definition) is 4. The Morgan fingerprint density at radius 2 is 1.43 bits per heavy atom. The first-order valence-corrected chi connectivity index (χ1v) is 16.1. The summed E-state index contributed by atoms with van der Waals surface area (Å²) in [6.07, 6.45) is -6.18. The lowest BCUT2D eigenvalue weighted by atomic mass is 9.95. The number of likely N-dealkylation sites (N-methyl/N-ethyl adjacent to an activating group) is 1. The number of aliphatic carboxylic acids is 3. The Hall–Kier alpha value is -6.68. The number of pyridine rings is 1. The quantitative estimate of drug-likeness (QED) is 0.126. The molecule has 3 aromatic heterocycles. The van der Waals surface area contributed by atoms with Crippen molar-refractivity contribution in [1.29, 1.82) is 0 Å². The summed E-state index contributed by atoms with van der Waals surface area (Å²) < 4.78 is 107. The predicted octanol–water partition coefficient (Wildman–Crippen LogP) is 6.72. The van der Waals surface area contributed by atoms with Crippen LogP contribution in [-0.4, -0.2) is 104 Å². The summed E-state index contributed by atoms with van der Waals surface area (Å²) in [5.41, 5.74) is 5.35. The summed E-state index contributed by atoms with van der Waals surface area (Å²) in [5.74, 6) is -4.81. The first-order valence-electron chi connectivity index (χ1n) is 16.1. The van der Waals surface area contributed by atoms with Gasteiger partial charge in [-0.15, -0.1) is 0 Å². The van der Waals surface area contributed by atoms with Crippen molar-refractivity contribution >= 4 is 34.6 Å². The molecule has 0 bridgehead atoms. The molecule has 4 heterocycles. The third-order valence-corrected chi connectivity index (χ3v) is 7.64. The molecule has 1 atom stereocenters. The van der Waals surface area contributed by atoms with Crippen molar-refractivity contribution in [2.75, 3.05) is 32.2 Å². The highest BCUT2D eigenvalue weighted by molar-refractivity contribution is 5.92. The van der Waals surface area contributed by atoms with Crippen LogP contribution in [0.5, 0.6) is 11.5 Å². The minimum Gasteiger partial charge on any atom is -0.497 e. The van der Waals surface area contributed by atoms with E-state index in [1.807, 2.05) is 43.0 Å². The predicted molar refractivity (Wildman–Crippen MR) is 184 cm³/mol. The summed E-state index contributed by atoms with van der Waals surface area (Å²) in [7, 11) is 3.77. The van der Waals surface area contributed by atoms with Crippen molar-refractivity contribution in [1.82, 2.24) is 25.1 Å². The second-order valence-electron chi connectivity index (χ2n) is 11.7. The van der Waals surface area contributed by atoms with Gasteiger partial charge in [0.1, 0.15) is 23.1 Å². The second kappa shape index (κ2) is 19.5. The van der Waals surface area contributed by atoms with E-state index in [-0.39, 0.29) is 5.92 Å². The van der Waals surface area contributed by atoms with E-state index in [0.29, 0.717) is 6.61 Å². The largest absolute Gasteiger partial charge is 0.497 e. The van der Waals surface area contributed by atoms with Crippen molar-refractivity contribution in [2.45, 2.75) is 37.3 Å². The Balaban J connectivity index is 0.000000353. The molecule has 312 valence electrons. The van der Waals surface area contributed by atoms with Gasteiger partial charge in [-0.05, 0) is 72.0 Å². The lowest BCUT2D eigenvalue weighted by molar-refractivity contribution is -0.193. The molecule has 6 rings (SSSR count). The minimum atomic E-state index is -5.08. The van der Waals surface area contributed by atoms with Gasteiger partial charge >= 0.3 is 36.4 Å². The number of H-pyrrole nitrogens is 1. The number of nitrogens with one attached hydrogen (secondary N) is 1. The zero-order valence-corrected chi connectivity index (χ0v) is 29.9. The number of benzene rings is 2. The van der Waals surface area contributed by atoms with Gasteiger partial charge in [0, 0.05) is 43.1 Å². The van der Waals surface area contributed by atoms with Gasteiger partial charge in [0.15, 0.2) is 0 Å². The van der Waals surface area contributed by atoms with Crippen molar-refractivity contribution in [3.63, 3.8) is 0 Å². The Morgan fingerprint density at radius 3 is 1.95 bits per heavy atom. The highest BCUT2D eigenvalue weighted by Gasteiger charge is 2.39. The molecule has 0 spiro atoms. The Labute approximate surface area is 320 Å². The molecule has 14 nitrogen and oxygen atoms in total. The number of aromatic nitrogens is 5. The lowest BCUT2D eigenvalue weighted by Crippen LogP contribution is -2.25. The van der Waals surface area contributed by atoms with Crippen molar-refractivity contribution < 1.29 is 78.7 Å². The number of aromatic amines is 1. The fraction of sp³-hybridized carbons (Fsp3) is 0.286. The maximum Gasteiger partial charge on any atom is 0.490 e. The molecular formula is C35H31F9N6O8. The number of carboxylic acid groups (broad SMARTS) is 3.